The number of carbonyl (C=O) groups excluding carboxylic acids is 2. The predicted molar refractivity (Wildman–Crippen MR) is 114 cm³/mol. The molecule has 0 fully saturated rings. The van der Waals surface area contributed by atoms with Crippen molar-refractivity contribution in [3.05, 3.63) is 59.3 Å². The number of methoxy groups -OCH3 is 1. The molecule has 0 unspecified atom stereocenters. The molecule has 7 heteroatoms. The maximum absolute atomic E-state index is 12.9. The Kier molecular flexibility index (Phi) is 4.88. The summed E-state index contributed by atoms with van der Waals surface area (Å²) in [6.07, 6.45) is 0.736. The lowest BCUT2D eigenvalue weighted by atomic mass is 10.0. The summed E-state index contributed by atoms with van der Waals surface area (Å²) in [5.74, 6) is -0.368. The van der Waals surface area contributed by atoms with E-state index in [-0.39, 0.29) is 12.0 Å². The van der Waals surface area contributed by atoms with Gasteiger partial charge in [-0.1, -0.05) is 12.1 Å². The molecule has 2 N–H and O–H groups in total. The molecular formula is C22H24N4O3. The molecule has 1 aromatic heterocycles. The van der Waals surface area contributed by atoms with Gasteiger partial charge in [0, 0.05) is 55.8 Å². The van der Waals surface area contributed by atoms with E-state index in [4.69, 9.17) is 4.74 Å². The summed E-state index contributed by atoms with van der Waals surface area (Å²) in [4.78, 5) is 32.0. The van der Waals surface area contributed by atoms with Crippen molar-refractivity contribution in [2.75, 3.05) is 38.0 Å². The van der Waals surface area contributed by atoms with Gasteiger partial charge in [0.05, 0.1) is 24.0 Å². The van der Waals surface area contributed by atoms with Crippen LogP contribution in [0.25, 0.3) is 10.9 Å². The fraction of sp³-hybridized carbons (Fsp3) is 0.273. The highest BCUT2D eigenvalue weighted by molar-refractivity contribution is 5.97. The molecule has 7 nitrogen and oxygen atoms in total. The predicted octanol–water partition coefficient (Wildman–Crippen LogP) is 3.61. The third-order valence-electron chi connectivity index (χ3n) is 5.31. The number of nitrogens with one attached hydrogen (secondary N) is 2. The number of nitrogens with zero attached hydrogens (tertiary/aromatic N) is 2. The molecule has 0 radical (unpaired) electrons. The highest BCUT2D eigenvalue weighted by Crippen LogP contribution is 2.30. The molecule has 1 aliphatic heterocycles. The highest BCUT2D eigenvalue weighted by atomic mass is 16.5. The number of benzene rings is 2. The van der Waals surface area contributed by atoms with E-state index in [9.17, 15) is 9.59 Å². The zero-order valence-electron chi connectivity index (χ0n) is 16.8. The molecule has 0 saturated carbocycles. The Morgan fingerprint density at radius 2 is 1.97 bits per heavy atom. The van der Waals surface area contributed by atoms with Gasteiger partial charge in [0.1, 0.15) is 0 Å². The maximum atomic E-state index is 12.9. The van der Waals surface area contributed by atoms with Gasteiger partial charge in [0.2, 0.25) is 0 Å². The van der Waals surface area contributed by atoms with Crippen LogP contribution in [-0.2, 0) is 17.7 Å². The van der Waals surface area contributed by atoms with Gasteiger partial charge in [-0.15, -0.1) is 0 Å². The summed E-state index contributed by atoms with van der Waals surface area (Å²) < 4.78 is 4.83. The number of carbonyl (C=O) groups is 2. The Bertz CT molecular complexity index is 1090. The van der Waals surface area contributed by atoms with Crippen LogP contribution in [0.4, 0.5) is 16.2 Å². The lowest BCUT2D eigenvalue weighted by Gasteiger charge is -2.28. The molecule has 0 saturated heterocycles. The SMILES string of the molecule is COC(=O)c1ccc2[nH]c3c(c2c1)CN(C(=O)Nc1ccccc1N(C)C)CC3. The summed E-state index contributed by atoms with van der Waals surface area (Å²) in [7, 11) is 5.27. The van der Waals surface area contributed by atoms with Crippen LogP contribution in [0, 0.1) is 0 Å². The molecule has 2 aromatic carbocycles. The monoisotopic (exact) mass is 392 g/mol. The second-order valence-electron chi connectivity index (χ2n) is 7.35. The summed E-state index contributed by atoms with van der Waals surface area (Å²) in [6, 6.07) is 13.1. The fourth-order valence-corrected chi connectivity index (χ4v) is 3.80. The van der Waals surface area contributed by atoms with Gasteiger partial charge in [-0.25, -0.2) is 9.59 Å². The van der Waals surface area contributed by atoms with Gasteiger partial charge in [0.25, 0.3) is 0 Å². The molecule has 150 valence electrons. The van der Waals surface area contributed by atoms with Crippen molar-refractivity contribution < 1.29 is 14.3 Å². The molecule has 0 atom stereocenters. The summed E-state index contributed by atoms with van der Waals surface area (Å²) in [5.41, 5.74) is 5.35. The number of hydrogen-bond donors (Lipinski definition) is 2. The first-order chi connectivity index (χ1) is 14.0. The number of urea groups is 1. The topological polar surface area (TPSA) is 77.7 Å². The Morgan fingerprint density at radius 3 is 2.72 bits per heavy atom. The molecule has 0 spiro atoms. The van der Waals surface area contributed by atoms with Crippen LogP contribution < -0.4 is 10.2 Å². The van der Waals surface area contributed by atoms with Crippen molar-refractivity contribution in [1.82, 2.24) is 9.88 Å². The van der Waals surface area contributed by atoms with Gasteiger partial charge >= 0.3 is 12.0 Å². The molecule has 1 aliphatic rings. The van der Waals surface area contributed by atoms with Crippen LogP contribution in [0.2, 0.25) is 0 Å². The Morgan fingerprint density at radius 1 is 1.17 bits per heavy atom. The third kappa shape index (κ3) is 3.51. The molecule has 4 rings (SSSR count). The number of aromatic nitrogens is 1. The number of rotatable bonds is 3. The van der Waals surface area contributed by atoms with Gasteiger partial charge in [-0.05, 0) is 30.3 Å². The van der Waals surface area contributed by atoms with Crippen molar-refractivity contribution in [3.8, 4) is 0 Å². The van der Waals surface area contributed by atoms with Crippen molar-refractivity contribution in [3.63, 3.8) is 0 Å². The van der Waals surface area contributed by atoms with Gasteiger partial charge in [-0.3, -0.25) is 0 Å². The number of hydrogen-bond acceptors (Lipinski definition) is 4. The van der Waals surface area contributed by atoms with Crippen molar-refractivity contribution >= 4 is 34.3 Å². The number of fused-ring (bicyclic) bond motifs is 3. The highest BCUT2D eigenvalue weighted by Gasteiger charge is 2.25. The maximum Gasteiger partial charge on any atom is 0.337 e. The first kappa shape index (κ1) is 18.9. The third-order valence-corrected chi connectivity index (χ3v) is 5.31. The van der Waals surface area contributed by atoms with Crippen molar-refractivity contribution in [1.29, 1.82) is 0 Å². The minimum atomic E-state index is -0.368. The van der Waals surface area contributed by atoms with E-state index < -0.39 is 0 Å². The van der Waals surface area contributed by atoms with Gasteiger partial charge in [-0.2, -0.15) is 0 Å². The van der Waals surface area contributed by atoms with Crippen LogP contribution in [0.1, 0.15) is 21.6 Å². The van der Waals surface area contributed by atoms with Gasteiger partial charge in [0.15, 0.2) is 0 Å². The number of para-hydroxylation sites is 2. The van der Waals surface area contributed by atoms with E-state index in [0.29, 0.717) is 18.7 Å². The standard InChI is InChI=1S/C22H24N4O3/c1-25(2)20-7-5-4-6-19(20)24-22(28)26-11-10-18-16(13-26)15-12-14(21(27)29-3)8-9-17(15)23-18/h4-9,12,23H,10-11,13H2,1-3H3,(H,24,28). The van der Waals surface area contributed by atoms with Crippen molar-refractivity contribution in [2.24, 2.45) is 0 Å². The number of H-pyrrole nitrogens is 1. The number of amides is 2. The van der Waals surface area contributed by atoms with E-state index in [1.165, 1.54) is 7.11 Å². The van der Waals surface area contributed by atoms with E-state index in [1.807, 2.05) is 55.4 Å². The van der Waals surface area contributed by atoms with Crippen LogP contribution >= 0.6 is 0 Å². The van der Waals surface area contributed by atoms with Crippen LogP contribution in [0.3, 0.4) is 0 Å². The average molecular weight is 392 g/mol. The second kappa shape index (κ2) is 7.50. The Labute approximate surface area is 169 Å². The van der Waals surface area contributed by atoms with Gasteiger partial charge < -0.3 is 24.8 Å². The normalized spacial score (nSPS) is 13.1. The molecule has 3 aromatic rings. The van der Waals surface area contributed by atoms with E-state index >= 15 is 0 Å². The fourth-order valence-electron chi connectivity index (χ4n) is 3.80. The summed E-state index contributed by atoms with van der Waals surface area (Å²) in [5, 5.41) is 3.99. The smallest absolute Gasteiger partial charge is 0.337 e. The molecule has 2 amide bonds. The molecule has 0 bridgehead atoms. The number of anilines is 2. The average Bonchev–Trinajstić information content (AvgIpc) is 3.10. The largest absolute Gasteiger partial charge is 0.465 e. The lowest BCUT2D eigenvalue weighted by molar-refractivity contribution is 0.0601. The quantitative estimate of drug-likeness (QED) is 0.668. The van der Waals surface area contributed by atoms with Crippen molar-refractivity contribution in [2.45, 2.75) is 13.0 Å². The molecule has 0 aliphatic carbocycles. The van der Waals surface area contributed by atoms with Crippen LogP contribution in [0.15, 0.2) is 42.5 Å². The summed E-state index contributed by atoms with van der Waals surface area (Å²) in [6.45, 7) is 1.11. The first-order valence-corrected chi connectivity index (χ1v) is 9.52. The van der Waals surface area contributed by atoms with Crippen LogP contribution in [0.5, 0.6) is 0 Å². The number of esters is 1. The Hall–Kier alpha value is -3.48. The molecule has 29 heavy (non-hydrogen) atoms. The van der Waals surface area contributed by atoms with Crippen LogP contribution in [-0.4, -0.2) is 49.6 Å². The zero-order valence-corrected chi connectivity index (χ0v) is 16.8. The van der Waals surface area contributed by atoms with E-state index in [1.54, 1.807) is 11.0 Å². The Balaban J connectivity index is 1.59. The summed E-state index contributed by atoms with van der Waals surface area (Å²) >= 11 is 0. The zero-order chi connectivity index (χ0) is 20.5. The number of ether oxygens (including phenoxy) is 1. The molecule has 2 heterocycles. The minimum absolute atomic E-state index is 0.136. The number of aromatic amines is 1. The molecular weight excluding hydrogens is 368 g/mol. The van der Waals surface area contributed by atoms with E-state index in [0.717, 1.165) is 40.0 Å². The van der Waals surface area contributed by atoms with E-state index in [2.05, 4.69) is 10.3 Å². The first-order valence-electron chi connectivity index (χ1n) is 9.52. The second-order valence-corrected chi connectivity index (χ2v) is 7.35. The minimum Gasteiger partial charge on any atom is -0.465 e. The lowest BCUT2D eigenvalue weighted by Crippen LogP contribution is -2.39.